The van der Waals surface area contributed by atoms with Crippen LogP contribution in [0, 0.1) is 0 Å². The van der Waals surface area contributed by atoms with Crippen LogP contribution in [0.3, 0.4) is 0 Å². The Balaban J connectivity index is 1.22. The van der Waals surface area contributed by atoms with Gasteiger partial charge >= 0.3 is 6.03 Å². The van der Waals surface area contributed by atoms with Crippen LogP contribution < -0.4 is 10.6 Å². The molecule has 1 fully saturated rings. The van der Waals surface area contributed by atoms with Crippen LogP contribution >= 0.6 is 0 Å². The van der Waals surface area contributed by atoms with Crippen LogP contribution in [-0.4, -0.2) is 61.0 Å². The van der Waals surface area contributed by atoms with Gasteiger partial charge in [0.05, 0.1) is 6.54 Å². The normalized spacial score (nSPS) is 14.7. The van der Waals surface area contributed by atoms with E-state index in [9.17, 15) is 9.59 Å². The summed E-state index contributed by atoms with van der Waals surface area (Å²) in [5.41, 5.74) is 2.02. The molecule has 6 nitrogen and oxygen atoms in total. The fraction of sp³-hybridized carbons (Fsp3) is 0.308. The summed E-state index contributed by atoms with van der Waals surface area (Å²) < 4.78 is 0. The average molecular weight is 431 g/mol. The van der Waals surface area contributed by atoms with E-state index in [2.05, 4.69) is 33.7 Å². The SMILES string of the molecule is O=C(CN1CCCN(C(=O)Nc2ccc3ccccc3c2)CC1)NCCc1ccccc1. The summed E-state index contributed by atoms with van der Waals surface area (Å²) in [6, 6.07) is 24.1. The van der Waals surface area contributed by atoms with Gasteiger partial charge in [-0.25, -0.2) is 4.79 Å². The summed E-state index contributed by atoms with van der Waals surface area (Å²) in [7, 11) is 0. The zero-order valence-electron chi connectivity index (χ0n) is 18.3. The molecule has 1 saturated heterocycles. The molecule has 6 heteroatoms. The molecule has 0 spiro atoms. The van der Waals surface area contributed by atoms with Gasteiger partial charge in [0.2, 0.25) is 5.91 Å². The number of nitrogens with zero attached hydrogens (tertiary/aromatic N) is 2. The smallest absolute Gasteiger partial charge is 0.321 e. The van der Waals surface area contributed by atoms with Crippen molar-refractivity contribution >= 4 is 28.4 Å². The van der Waals surface area contributed by atoms with Crippen LogP contribution in [0.15, 0.2) is 72.8 Å². The van der Waals surface area contributed by atoms with Crippen LogP contribution in [-0.2, 0) is 11.2 Å². The van der Waals surface area contributed by atoms with Crippen LogP contribution in [0.5, 0.6) is 0 Å². The predicted octanol–water partition coefficient (Wildman–Crippen LogP) is 3.74. The number of benzene rings is 3. The standard InChI is InChI=1S/C26H30N4O2/c31-25(27-14-13-21-7-2-1-3-8-21)20-29-15-6-16-30(18-17-29)26(32)28-24-12-11-22-9-4-5-10-23(22)19-24/h1-5,7-12,19H,6,13-18,20H2,(H,27,31)(H,28,32). The molecule has 166 valence electrons. The highest BCUT2D eigenvalue weighted by Gasteiger charge is 2.20. The Hall–Kier alpha value is -3.38. The van der Waals surface area contributed by atoms with E-state index in [1.165, 1.54) is 5.56 Å². The third kappa shape index (κ3) is 6.08. The number of urea groups is 1. The van der Waals surface area contributed by atoms with Gasteiger partial charge in [-0.2, -0.15) is 0 Å². The van der Waals surface area contributed by atoms with Gasteiger partial charge in [0.15, 0.2) is 0 Å². The van der Waals surface area contributed by atoms with Gasteiger partial charge in [0.1, 0.15) is 0 Å². The van der Waals surface area contributed by atoms with Crippen molar-refractivity contribution in [1.29, 1.82) is 0 Å². The van der Waals surface area contributed by atoms with Crippen LogP contribution in [0.1, 0.15) is 12.0 Å². The molecule has 0 aliphatic carbocycles. The van der Waals surface area contributed by atoms with E-state index in [0.29, 0.717) is 32.7 Å². The Morgan fingerprint density at radius 2 is 1.59 bits per heavy atom. The zero-order valence-corrected chi connectivity index (χ0v) is 18.3. The van der Waals surface area contributed by atoms with Gasteiger partial charge < -0.3 is 15.5 Å². The first-order valence-electron chi connectivity index (χ1n) is 11.2. The third-order valence-corrected chi connectivity index (χ3v) is 5.82. The minimum Gasteiger partial charge on any atom is -0.355 e. The first kappa shape index (κ1) is 21.8. The second kappa shape index (κ2) is 10.8. The molecule has 32 heavy (non-hydrogen) atoms. The maximum absolute atomic E-state index is 12.8. The number of carbonyl (C=O) groups excluding carboxylic acids is 2. The first-order valence-corrected chi connectivity index (χ1v) is 11.2. The van der Waals surface area contributed by atoms with Gasteiger partial charge in [-0.3, -0.25) is 9.69 Å². The summed E-state index contributed by atoms with van der Waals surface area (Å²) in [6.07, 6.45) is 1.68. The molecule has 4 rings (SSSR count). The van der Waals surface area contributed by atoms with Crippen LogP contribution in [0.2, 0.25) is 0 Å². The largest absolute Gasteiger partial charge is 0.355 e. The number of anilines is 1. The molecule has 1 heterocycles. The molecule has 3 aromatic carbocycles. The first-order chi connectivity index (χ1) is 15.7. The van der Waals surface area contributed by atoms with E-state index in [4.69, 9.17) is 0 Å². The van der Waals surface area contributed by atoms with Gasteiger partial charge in [0.25, 0.3) is 0 Å². The molecule has 1 aliphatic rings. The minimum absolute atomic E-state index is 0.0370. The quantitative estimate of drug-likeness (QED) is 0.626. The van der Waals surface area contributed by atoms with Crippen molar-refractivity contribution in [1.82, 2.24) is 15.1 Å². The van der Waals surface area contributed by atoms with E-state index in [0.717, 1.165) is 35.8 Å². The monoisotopic (exact) mass is 430 g/mol. The summed E-state index contributed by atoms with van der Waals surface area (Å²) in [5.74, 6) is 0.0370. The van der Waals surface area contributed by atoms with Crippen LogP contribution in [0.25, 0.3) is 10.8 Å². The molecule has 0 radical (unpaired) electrons. The predicted molar refractivity (Wildman–Crippen MR) is 129 cm³/mol. The molecule has 2 N–H and O–H groups in total. The lowest BCUT2D eigenvalue weighted by molar-refractivity contribution is -0.122. The summed E-state index contributed by atoms with van der Waals surface area (Å²) in [6.45, 7) is 3.80. The van der Waals surface area contributed by atoms with Gasteiger partial charge in [-0.15, -0.1) is 0 Å². The lowest BCUT2D eigenvalue weighted by Gasteiger charge is -2.22. The van der Waals surface area contributed by atoms with Gasteiger partial charge in [0, 0.05) is 38.4 Å². The number of hydrogen-bond acceptors (Lipinski definition) is 3. The maximum Gasteiger partial charge on any atom is 0.321 e. The molecule has 3 amide bonds. The lowest BCUT2D eigenvalue weighted by Crippen LogP contribution is -2.41. The molecule has 0 unspecified atom stereocenters. The Morgan fingerprint density at radius 3 is 2.44 bits per heavy atom. The average Bonchev–Trinajstić information content (AvgIpc) is 3.05. The van der Waals surface area contributed by atoms with Gasteiger partial charge in [-0.1, -0.05) is 60.7 Å². The Labute approximate surface area is 189 Å². The highest BCUT2D eigenvalue weighted by molar-refractivity contribution is 5.93. The second-order valence-electron chi connectivity index (χ2n) is 8.19. The second-order valence-corrected chi connectivity index (χ2v) is 8.19. The number of nitrogens with one attached hydrogen (secondary N) is 2. The van der Waals surface area contributed by atoms with Gasteiger partial charge in [-0.05, 0) is 41.3 Å². The fourth-order valence-electron chi connectivity index (χ4n) is 4.05. The van der Waals surface area contributed by atoms with Crippen molar-refractivity contribution in [3.63, 3.8) is 0 Å². The summed E-state index contributed by atoms with van der Waals surface area (Å²) in [4.78, 5) is 29.1. The molecular weight excluding hydrogens is 400 g/mol. The van der Waals surface area contributed by atoms with Crippen molar-refractivity contribution in [2.45, 2.75) is 12.8 Å². The van der Waals surface area contributed by atoms with Crippen molar-refractivity contribution in [3.8, 4) is 0 Å². The van der Waals surface area contributed by atoms with Crippen molar-refractivity contribution in [2.24, 2.45) is 0 Å². The molecule has 0 atom stereocenters. The fourth-order valence-corrected chi connectivity index (χ4v) is 4.05. The van der Waals surface area contributed by atoms with Crippen molar-refractivity contribution in [2.75, 3.05) is 44.6 Å². The zero-order chi connectivity index (χ0) is 22.2. The third-order valence-electron chi connectivity index (χ3n) is 5.82. The van der Waals surface area contributed by atoms with E-state index < -0.39 is 0 Å². The van der Waals surface area contributed by atoms with Crippen molar-refractivity contribution < 1.29 is 9.59 Å². The number of fused-ring (bicyclic) bond motifs is 1. The highest BCUT2D eigenvalue weighted by atomic mass is 16.2. The number of carbonyl (C=O) groups is 2. The Bertz CT molecular complexity index is 1050. The maximum atomic E-state index is 12.8. The number of amides is 3. The summed E-state index contributed by atoms with van der Waals surface area (Å²) >= 11 is 0. The molecule has 0 aromatic heterocycles. The number of rotatable bonds is 6. The lowest BCUT2D eigenvalue weighted by atomic mass is 10.1. The van der Waals surface area contributed by atoms with Crippen LogP contribution in [0.4, 0.5) is 10.5 Å². The minimum atomic E-state index is -0.0885. The molecular formula is C26H30N4O2. The summed E-state index contributed by atoms with van der Waals surface area (Å²) in [5, 5.41) is 8.28. The molecule has 0 saturated carbocycles. The Morgan fingerprint density at radius 1 is 0.812 bits per heavy atom. The van der Waals surface area contributed by atoms with Crippen molar-refractivity contribution in [3.05, 3.63) is 78.4 Å². The van der Waals surface area contributed by atoms with E-state index in [-0.39, 0.29) is 11.9 Å². The highest BCUT2D eigenvalue weighted by Crippen LogP contribution is 2.19. The molecule has 1 aliphatic heterocycles. The molecule has 0 bridgehead atoms. The van der Waals surface area contributed by atoms with E-state index in [1.807, 2.05) is 59.5 Å². The Kier molecular flexibility index (Phi) is 7.35. The van der Waals surface area contributed by atoms with E-state index >= 15 is 0 Å². The van der Waals surface area contributed by atoms with E-state index in [1.54, 1.807) is 0 Å². The number of hydrogen-bond donors (Lipinski definition) is 2. The molecule has 3 aromatic rings. The topological polar surface area (TPSA) is 64.7 Å².